The van der Waals surface area contributed by atoms with Crippen LogP contribution < -0.4 is 10.2 Å². The lowest BCUT2D eigenvalue weighted by Gasteiger charge is -2.27. The largest absolute Gasteiger partial charge is 0.388 e. The van der Waals surface area contributed by atoms with Gasteiger partial charge in [-0.2, -0.15) is 0 Å². The van der Waals surface area contributed by atoms with Crippen molar-refractivity contribution in [1.82, 2.24) is 0 Å². The molecule has 3 rings (SSSR count). The first-order valence-corrected chi connectivity index (χ1v) is 8.17. The number of Topliss-reactive ketones (excluding diaryl/α,β-unsaturated/α-hetero) is 1. The number of aldehydes is 1. The Kier molecular flexibility index (Phi) is 4.34. The van der Waals surface area contributed by atoms with Crippen LogP contribution in [0.5, 0.6) is 0 Å². The highest BCUT2D eigenvalue weighted by Crippen LogP contribution is 2.42. The number of nitrogens with one attached hydrogen (secondary N) is 1. The van der Waals surface area contributed by atoms with Crippen molar-refractivity contribution in [2.45, 2.75) is 32.2 Å². The molecule has 0 aromatic heterocycles. The first kappa shape index (κ1) is 16.2. The molecule has 5 heteroatoms. The van der Waals surface area contributed by atoms with Crippen molar-refractivity contribution in [2.75, 3.05) is 17.3 Å². The Hall–Kier alpha value is -2.69. The molecule has 1 unspecified atom stereocenters. The molecule has 1 atom stereocenters. The summed E-state index contributed by atoms with van der Waals surface area (Å²) >= 11 is 0. The van der Waals surface area contributed by atoms with Gasteiger partial charge in [0.2, 0.25) is 0 Å². The number of carbonyl (C=O) groups excluding carboxylic acids is 3. The van der Waals surface area contributed by atoms with Crippen LogP contribution in [0.3, 0.4) is 0 Å². The molecule has 2 aromatic carbocycles. The van der Waals surface area contributed by atoms with Gasteiger partial charge in [0.25, 0.3) is 5.91 Å². The van der Waals surface area contributed by atoms with E-state index in [2.05, 4.69) is 5.32 Å². The van der Waals surface area contributed by atoms with Gasteiger partial charge in [0.1, 0.15) is 6.29 Å². The molecule has 124 valence electrons. The summed E-state index contributed by atoms with van der Waals surface area (Å²) in [5, 5.41) is 4.97. The maximum Gasteiger partial charge on any atom is 0.259 e. The van der Waals surface area contributed by atoms with Gasteiger partial charge in [0.05, 0.1) is 11.7 Å². The number of ketones is 1. The molecule has 1 aliphatic heterocycles. The van der Waals surface area contributed by atoms with Crippen molar-refractivity contribution in [1.29, 1.82) is 0 Å². The Balaban J connectivity index is 2.16. The molecule has 1 aliphatic rings. The number of nitrogens with zero attached hydrogens (tertiary/aromatic N) is 1. The zero-order chi connectivity index (χ0) is 17.3. The van der Waals surface area contributed by atoms with Gasteiger partial charge in [0, 0.05) is 41.9 Å². The SMILES string of the molecule is CCC(=O)C(CCC=O)N1C(=O)c2cccc3c(NC)ccc1c23. The highest BCUT2D eigenvalue weighted by Gasteiger charge is 2.37. The Morgan fingerprint density at radius 1 is 1.29 bits per heavy atom. The molecule has 2 aromatic rings. The Labute approximate surface area is 140 Å². The van der Waals surface area contributed by atoms with Gasteiger partial charge < -0.3 is 10.1 Å². The van der Waals surface area contributed by atoms with Crippen LogP contribution in [-0.2, 0) is 9.59 Å². The highest BCUT2D eigenvalue weighted by atomic mass is 16.2. The Morgan fingerprint density at radius 2 is 2.08 bits per heavy atom. The van der Waals surface area contributed by atoms with Crippen LogP contribution in [0, 0.1) is 0 Å². The summed E-state index contributed by atoms with van der Waals surface area (Å²) in [4.78, 5) is 37.8. The topological polar surface area (TPSA) is 66.5 Å². The molecule has 1 heterocycles. The summed E-state index contributed by atoms with van der Waals surface area (Å²) in [7, 11) is 1.84. The lowest BCUT2D eigenvalue weighted by molar-refractivity contribution is -0.120. The highest BCUT2D eigenvalue weighted by molar-refractivity contribution is 6.28. The third-order valence-corrected chi connectivity index (χ3v) is 4.59. The van der Waals surface area contributed by atoms with Crippen LogP contribution in [0.15, 0.2) is 30.3 Å². The summed E-state index contributed by atoms with van der Waals surface area (Å²) in [5.41, 5.74) is 2.30. The first-order chi connectivity index (χ1) is 11.6. The Morgan fingerprint density at radius 3 is 2.75 bits per heavy atom. The van der Waals surface area contributed by atoms with Gasteiger partial charge in [-0.15, -0.1) is 0 Å². The van der Waals surface area contributed by atoms with E-state index in [1.165, 1.54) is 0 Å². The zero-order valence-electron chi connectivity index (χ0n) is 13.8. The van der Waals surface area contributed by atoms with E-state index in [9.17, 15) is 14.4 Å². The molecular formula is C19H20N2O3. The van der Waals surface area contributed by atoms with Gasteiger partial charge in [0.15, 0.2) is 5.78 Å². The number of hydrogen-bond donors (Lipinski definition) is 1. The van der Waals surface area contributed by atoms with E-state index in [0.717, 1.165) is 28.4 Å². The van der Waals surface area contributed by atoms with Gasteiger partial charge in [-0.25, -0.2) is 0 Å². The third-order valence-electron chi connectivity index (χ3n) is 4.59. The van der Waals surface area contributed by atoms with E-state index in [0.29, 0.717) is 18.4 Å². The van der Waals surface area contributed by atoms with Crippen LogP contribution in [0.1, 0.15) is 36.5 Å². The van der Waals surface area contributed by atoms with Crippen molar-refractivity contribution in [3.63, 3.8) is 0 Å². The standard InChI is InChI=1S/C19H20N2O3/c1-3-17(23)15(8-5-11-22)21-16-10-9-14(20-2)12-6-4-7-13(18(12)16)19(21)24/h4,6-7,9-11,15,20H,3,5,8H2,1-2H3. The van der Waals surface area contributed by atoms with Crippen LogP contribution in [0.4, 0.5) is 11.4 Å². The second-order valence-corrected chi connectivity index (χ2v) is 5.87. The van der Waals surface area contributed by atoms with Crippen molar-refractivity contribution < 1.29 is 14.4 Å². The number of carbonyl (C=O) groups is 3. The molecule has 1 N–H and O–H groups in total. The van der Waals surface area contributed by atoms with Gasteiger partial charge >= 0.3 is 0 Å². The number of rotatable bonds is 7. The maximum atomic E-state index is 13.0. The normalized spacial score (nSPS) is 14.1. The molecule has 5 nitrogen and oxygen atoms in total. The number of amides is 1. The van der Waals surface area contributed by atoms with E-state index in [-0.39, 0.29) is 18.1 Å². The monoisotopic (exact) mass is 324 g/mol. The quantitative estimate of drug-likeness (QED) is 0.795. The lowest BCUT2D eigenvalue weighted by atomic mass is 10.0. The van der Waals surface area contributed by atoms with Crippen molar-refractivity contribution in [3.8, 4) is 0 Å². The van der Waals surface area contributed by atoms with Crippen LogP contribution in [0.25, 0.3) is 10.8 Å². The summed E-state index contributed by atoms with van der Waals surface area (Å²) in [6, 6.07) is 8.81. The van der Waals surface area contributed by atoms with Crippen LogP contribution in [0.2, 0.25) is 0 Å². The number of hydrogen-bond acceptors (Lipinski definition) is 4. The Bertz CT molecular complexity index is 829. The fourth-order valence-electron chi connectivity index (χ4n) is 3.43. The molecular weight excluding hydrogens is 304 g/mol. The molecule has 24 heavy (non-hydrogen) atoms. The molecule has 0 bridgehead atoms. The average Bonchev–Trinajstić information content (AvgIpc) is 2.90. The molecule has 0 fully saturated rings. The summed E-state index contributed by atoms with van der Waals surface area (Å²) in [5.74, 6) is -0.189. The summed E-state index contributed by atoms with van der Waals surface area (Å²) < 4.78 is 0. The number of benzene rings is 2. The minimum absolute atomic E-state index is 0.0242. The molecule has 0 radical (unpaired) electrons. The van der Waals surface area contributed by atoms with E-state index >= 15 is 0 Å². The van der Waals surface area contributed by atoms with Gasteiger partial charge in [-0.1, -0.05) is 19.1 Å². The fraction of sp³-hybridized carbons (Fsp3) is 0.316. The zero-order valence-corrected chi connectivity index (χ0v) is 13.8. The van der Waals surface area contributed by atoms with Crippen molar-refractivity contribution in [2.24, 2.45) is 0 Å². The summed E-state index contributed by atoms with van der Waals surface area (Å²) in [6.45, 7) is 1.78. The van der Waals surface area contributed by atoms with Crippen molar-refractivity contribution >= 4 is 40.1 Å². The molecule has 0 spiro atoms. The van der Waals surface area contributed by atoms with Gasteiger partial charge in [-0.3, -0.25) is 14.5 Å². The third kappa shape index (κ3) is 2.37. The molecule has 0 aliphatic carbocycles. The average molecular weight is 324 g/mol. The van der Waals surface area contributed by atoms with E-state index in [1.807, 2.05) is 31.3 Å². The van der Waals surface area contributed by atoms with Crippen LogP contribution in [-0.4, -0.2) is 31.1 Å². The molecule has 0 saturated carbocycles. The second kappa shape index (κ2) is 6.43. The van der Waals surface area contributed by atoms with Crippen LogP contribution >= 0.6 is 0 Å². The van der Waals surface area contributed by atoms with E-state index in [1.54, 1.807) is 17.9 Å². The lowest BCUT2D eigenvalue weighted by Crippen LogP contribution is -2.43. The van der Waals surface area contributed by atoms with Crippen molar-refractivity contribution in [3.05, 3.63) is 35.9 Å². The van der Waals surface area contributed by atoms with E-state index < -0.39 is 6.04 Å². The maximum absolute atomic E-state index is 13.0. The van der Waals surface area contributed by atoms with E-state index in [4.69, 9.17) is 0 Å². The predicted molar refractivity (Wildman–Crippen MR) is 94.7 cm³/mol. The number of anilines is 2. The molecule has 0 saturated heterocycles. The first-order valence-electron chi connectivity index (χ1n) is 8.17. The fourth-order valence-corrected chi connectivity index (χ4v) is 3.43. The molecule has 1 amide bonds. The minimum atomic E-state index is -0.594. The van der Waals surface area contributed by atoms with Gasteiger partial charge in [-0.05, 0) is 24.6 Å². The predicted octanol–water partition coefficient (Wildman–Crippen LogP) is 3.17. The minimum Gasteiger partial charge on any atom is -0.388 e. The smallest absolute Gasteiger partial charge is 0.259 e. The second-order valence-electron chi connectivity index (χ2n) is 5.87. The summed E-state index contributed by atoms with van der Waals surface area (Å²) in [6.07, 6.45) is 1.74.